The van der Waals surface area contributed by atoms with E-state index >= 15 is 0 Å². The Morgan fingerprint density at radius 3 is 2.57 bits per heavy atom. The highest BCUT2D eigenvalue weighted by Gasteiger charge is 2.18. The summed E-state index contributed by atoms with van der Waals surface area (Å²) in [5.41, 5.74) is 5.61. The third-order valence-electron chi connectivity index (χ3n) is 4.21. The maximum Gasteiger partial charge on any atom is 0.0456 e. The fourth-order valence-corrected chi connectivity index (χ4v) is 3.12. The number of hydrogen-bond acceptors (Lipinski definition) is 2. The zero-order valence-corrected chi connectivity index (χ0v) is 12.8. The summed E-state index contributed by atoms with van der Waals surface area (Å²) in [5.74, 6) is 0. The van der Waals surface area contributed by atoms with Crippen molar-refractivity contribution in [2.45, 2.75) is 32.7 Å². The van der Waals surface area contributed by atoms with Gasteiger partial charge in [0.05, 0.1) is 0 Å². The monoisotopic (exact) mass is 280 g/mol. The molecule has 110 valence electrons. The van der Waals surface area contributed by atoms with Crippen molar-refractivity contribution < 1.29 is 0 Å². The quantitative estimate of drug-likeness (QED) is 0.899. The molecule has 0 saturated carbocycles. The molecule has 0 atom stereocenters. The number of anilines is 2. The molecule has 0 radical (unpaired) electrons. The molecule has 0 bridgehead atoms. The average molecular weight is 280 g/mol. The first-order chi connectivity index (χ1) is 10.4. The molecule has 0 unspecified atom stereocenters. The highest BCUT2D eigenvalue weighted by molar-refractivity contribution is 5.69. The molecule has 21 heavy (non-hydrogen) atoms. The van der Waals surface area contributed by atoms with Crippen LogP contribution in [0.2, 0.25) is 0 Å². The Morgan fingerprint density at radius 2 is 1.71 bits per heavy atom. The third-order valence-corrected chi connectivity index (χ3v) is 4.21. The van der Waals surface area contributed by atoms with E-state index in [9.17, 15) is 0 Å². The Labute approximate surface area is 127 Å². The van der Waals surface area contributed by atoms with Crippen LogP contribution in [-0.2, 0) is 13.0 Å². The topological polar surface area (TPSA) is 15.3 Å². The second-order valence-corrected chi connectivity index (χ2v) is 5.65. The zero-order chi connectivity index (χ0) is 14.5. The Balaban J connectivity index is 2.00. The van der Waals surface area contributed by atoms with Crippen LogP contribution in [0.1, 0.15) is 30.9 Å². The minimum absolute atomic E-state index is 0.936. The third kappa shape index (κ3) is 3.11. The van der Waals surface area contributed by atoms with Crippen molar-refractivity contribution in [2.24, 2.45) is 0 Å². The first-order valence-corrected chi connectivity index (χ1v) is 8.04. The molecule has 2 nitrogen and oxygen atoms in total. The molecule has 0 amide bonds. The molecule has 0 aromatic heterocycles. The normalized spacial score (nSPS) is 14.6. The van der Waals surface area contributed by atoms with E-state index < -0.39 is 0 Å². The summed E-state index contributed by atoms with van der Waals surface area (Å²) in [4.78, 5) is 2.51. The summed E-state index contributed by atoms with van der Waals surface area (Å²) in [6.07, 6.45) is 3.73. The average Bonchev–Trinajstić information content (AvgIpc) is 2.75. The predicted molar refractivity (Wildman–Crippen MR) is 90.2 cm³/mol. The van der Waals surface area contributed by atoms with E-state index in [1.165, 1.54) is 41.8 Å². The first-order valence-electron chi connectivity index (χ1n) is 8.04. The van der Waals surface area contributed by atoms with Gasteiger partial charge in [-0.15, -0.1) is 0 Å². The Bertz CT molecular complexity index is 592. The number of fused-ring (bicyclic) bond motifs is 1. The van der Waals surface area contributed by atoms with Crippen LogP contribution in [-0.4, -0.2) is 13.1 Å². The Kier molecular flexibility index (Phi) is 4.56. The van der Waals surface area contributed by atoms with Gasteiger partial charge in [-0.25, -0.2) is 0 Å². The summed E-state index contributed by atoms with van der Waals surface area (Å²) in [6, 6.07) is 17.7. The molecule has 1 heterocycles. The van der Waals surface area contributed by atoms with Gasteiger partial charge < -0.3 is 10.2 Å². The van der Waals surface area contributed by atoms with Crippen molar-refractivity contribution >= 4 is 11.4 Å². The van der Waals surface area contributed by atoms with Crippen molar-refractivity contribution in [3.05, 3.63) is 59.7 Å². The number of benzene rings is 2. The van der Waals surface area contributed by atoms with E-state index in [0.717, 1.165) is 19.6 Å². The molecule has 0 fully saturated rings. The molecular formula is C19H24N2. The van der Waals surface area contributed by atoms with Crippen molar-refractivity contribution in [3.63, 3.8) is 0 Å². The maximum atomic E-state index is 3.46. The smallest absolute Gasteiger partial charge is 0.0456 e. The van der Waals surface area contributed by atoms with Crippen molar-refractivity contribution in [1.82, 2.24) is 5.32 Å². The van der Waals surface area contributed by atoms with Gasteiger partial charge in [0.25, 0.3) is 0 Å². The van der Waals surface area contributed by atoms with Crippen molar-refractivity contribution in [2.75, 3.05) is 18.0 Å². The summed E-state index contributed by atoms with van der Waals surface area (Å²) < 4.78 is 0. The Morgan fingerprint density at radius 1 is 0.952 bits per heavy atom. The lowest BCUT2D eigenvalue weighted by Crippen LogP contribution is -2.21. The molecule has 2 aromatic rings. The fourth-order valence-electron chi connectivity index (χ4n) is 3.12. The van der Waals surface area contributed by atoms with Crippen LogP contribution in [0.15, 0.2) is 48.5 Å². The van der Waals surface area contributed by atoms with Gasteiger partial charge in [0, 0.05) is 24.5 Å². The van der Waals surface area contributed by atoms with Crippen LogP contribution in [0.25, 0.3) is 0 Å². The van der Waals surface area contributed by atoms with Gasteiger partial charge in [-0.3, -0.25) is 0 Å². The molecular weight excluding hydrogens is 256 g/mol. The highest BCUT2D eigenvalue weighted by Crippen LogP contribution is 2.34. The van der Waals surface area contributed by atoms with Crippen LogP contribution in [0, 0.1) is 0 Å². The number of rotatable bonds is 4. The molecule has 2 heteroatoms. The maximum absolute atomic E-state index is 3.46. The Hall–Kier alpha value is -1.80. The van der Waals surface area contributed by atoms with Gasteiger partial charge in [0.1, 0.15) is 0 Å². The van der Waals surface area contributed by atoms with Gasteiger partial charge in [-0.1, -0.05) is 43.3 Å². The van der Waals surface area contributed by atoms with E-state index in [1.54, 1.807) is 0 Å². The SMILES string of the molecule is CCNCc1ccccc1N1CCCCc2ccccc21. The second-order valence-electron chi connectivity index (χ2n) is 5.65. The molecule has 2 aromatic carbocycles. The standard InChI is InChI=1S/C19H24N2/c1-2-20-15-17-11-4-6-13-19(17)21-14-8-7-10-16-9-3-5-12-18(16)21/h3-6,9,11-13,20H,2,7-8,10,14-15H2,1H3. The van der Waals surface area contributed by atoms with Gasteiger partial charge >= 0.3 is 0 Å². The van der Waals surface area contributed by atoms with Crippen LogP contribution >= 0.6 is 0 Å². The molecule has 0 spiro atoms. The van der Waals surface area contributed by atoms with E-state index in [-0.39, 0.29) is 0 Å². The van der Waals surface area contributed by atoms with E-state index in [0.29, 0.717) is 0 Å². The second kappa shape index (κ2) is 6.77. The lowest BCUT2D eigenvalue weighted by atomic mass is 10.1. The number of hydrogen-bond donors (Lipinski definition) is 1. The van der Waals surface area contributed by atoms with Crippen molar-refractivity contribution in [1.29, 1.82) is 0 Å². The van der Waals surface area contributed by atoms with E-state index in [2.05, 4.69) is 65.7 Å². The van der Waals surface area contributed by atoms with Gasteiger partial charge in [-0.2, -0.15) is 0 Å². The number of aryl methyl sites for hydroxylation is 1. The minimum atomic E-state index is 0.936. The number of nitrogens with one attached hydrogen (secondary N) is 1. The van der Waals surface area contributed by atoms with Crippen molar-refractivity contribution in [3.8, 4) is 0 Å². The highest BCUT2D eigenvalue weighted by atomic mass is 15.1. The van der Waals surface area contributed by atoms with Gasteiger partial charge in [0.2, 0.25) is 0 Å². The largest absolute Gasteiger partial charge is 0.341 e. The van der Waals surface area contributed by atoms with E-state index in [1.807, 2.05) is 0 Å². The van der Waals surface area contributed by atoms with Crippen LogP contribution in [0.3, 0.4) is 0 Å². The fraction of sp³-hybridized carbons (Fsp3) is 0.368. The lowest BCUT2D eigenvalue weighted by Gasteiger charge is -2.27. The summed E-state index contributed by atoms with van der Waals surface area (Å²) in [5, 5.41) is 3.46. The summed E-state index contributed by atoms with van der Waals surface area (Å²) in [7, 11) is 0. The number of nitrogens with zero attached hydrogens (tertiary/aromatic N) is 1. The lowest BCUT2D eigenvalue weighted by molar-refractivity contribution is 0.720. The van der Waals surface area contributed by atoms with Crippen LogP contribution in [0.4, 0.5) is 11.4 Å². The van der Waals surface area contributed by atoms with E-state index in [4.69, 9.17) is 0 Å². The van der Waals surface area contributed by atoms with Crippen LogP contribution in [0.5, 0.6) is 0 Å². The summed E-state index contributed by atoms with van der Waals surface area (Å²) >= 11 is 0. The molecule has 3 rings (SSSR count). The minimum Gasteiger partial charge on any atom is -0.341 e. The zero-order valence-electron chi connectivity index (χ0n) is 12.8. The van der Waals surface area contributed by atoms with Gasteiger partial charge in [0.15, 0.2) is 0 Å². The molecule has 0 saturated heterocycles. The molecule has 1 aliphatic rings. The first kappa shape index (κ1) is 14.2. The van der Waals surface area contributed by atoms with Crippen LogP contribution < -0.4 is 10.2 Å². The molecule has 0 aliphatic carbocycles. The number of para-hydroxylation sites is 2. The summed E-state index contributed by atoms with van der Waals surface area (Å²) in [6.45, 7) is 5.21. The predicted octanol–water partition coefficient (Wildman–Crippen LogP) is 4.27. The molecule has 1 aliphatic heterocycles. The van der Waals surface area contributed by atoms with Gasteiger partial charge in [-0.05, 0) is 49.1 Å². The molecule has 1 N–H and O–H groups in total.